The van der Waals surface area contributed by atoms with Crippen LogP contribution >= 0.6 is 0 Å². The highest BCUT2D eigenvalue weighted by Crippen LogP contribution is 2.35. The zero-order chi connectivity index (χ0) is 13.1. The third-order valence-corrected chi connectivity index (χ3v) is 2.93. The van der Waals surface area contributed by atoms with Crippen LogP contribution in [0.25, 0.3) is 5.57 Å². The summed E-state index contributed by atoms with van der Waals surface area (Å²) in [7, 11) is 0. The number of benzene rings is 1. The van der Waals surface area contributed by atoms with Crippen molar-refractivity contribution < 1.29 is 13.9 Å². The first kappa shape index (κ1) is 12.3. The van der Waals surface area contributed by atoms with Crippen LogP contribution < -0.4 is 0 Å². The molecule has 0 heterocycles. The highest BCUT2D eigenvalue weighted by Gasteiger charge is 2.24. The number of carbonyl (C=O) groups excluding carboxylic acids is 1. The zero-order valence-electron chi connectivity index (χ0n) is 10.00. The van der Waals surface area contributed by atoms with Crippen molar-refractivity contribution in [3.8, 4) is 6.07 Å². The minimum atomic E-state index is -0.604. The molecule has 0 N–H and O–H groups in total. The first-order valence-corrected chi connectivity index (χ1v) is 5.76. The normalized spacial score (nSPS) is 15.8. The molecule has 0 atom stereocenters. The first-order valence-electron chi connectivity index (χ1n) is 5.76. The van der Waals surface area contributed by atoms with Crippen LogP contribution in [0.3, 0.4) is 0 Å². The predicted octanol–water partition coefficient (Wildman–Crippen LogP) is 2.61. The quantitative estimate of drug-likeness (QED) is 0.457. The van der Waals surface area contributed by atoms with Crippen molar-refractivity contribution >= 4 is 11.5 Å². The minimum absolute atomic E-state index is 0.0298. The summed E-state index contributed by atoms with van der Waals surface area (Å²) in [6, 6.07) is 6.29. The molecule has 0 spiro atoms. The van der Waals surface area contributed by atoms with Gasteiger partial charge in [0.15, 0.2) is 0 Å². The molecular formula is C14H12FNO2. The number of fused-ring (bicyclic) bond motifs is 1. The van der Waals surface area contributed by atoms with E-state index in [2.05, 4.69) is 0 Å². The van der Waals surface area contributed by atoms with Gasteiger partial charge in [-0.05, 0) is 48.6 Å². The van der Waals surface area contributed by atoms with Crippen molar-refractivity contribution in [2.75, 3.05) is 6.61 Å². The SMILES string of the molecule is CCOC(=O)C(C#N)=C1CCc2cc(F)ccc21. The Morgan fingerprint density at radius 1 is 1.50 bits per heavy atom. The van der Waals surface area contributed by atoms with E-state index in [1.807, 2.05) is 6.07 Å². The smallest absolute Gasteiger partial charge is 0.349 e. The Morgan fingerprint density at radius 2 is 2.28 bits per heavy atom. The number of ether oxygens (including phenoxy) is 1. The molecule has 1 aromatic rings. The molecule has 1 aliphatic rings. The molecular weight excluding hydrogens is 233 g/mol. The number of nitrogens with zero attached hydrogens (tertiary/aromatic N) is 1. The van der Waals surface area contributed by atoms with Gasteiger partial charge in [-0.15, -0.1) is 0 Å². The van der Waals surface area contributed by atoms with Gasteiger partial charge in [-0.2, -0.15) is 5.26 Å². The fourth-order valence-electron chi connectivity index (χ4n) is 2.16. The summed E-state index contributed by atoms with van der Waals surface area (Å²) in [5.74, 6) is -0.906. The number of aryl methyl sites for hydroxylation is 1. The molecule has 0 fully saturated rings. The minimum Gasteiger partial charge on any atom is -0.462 e. The number of rotatable bonds is 2. The van der Waals surface area contributed by atoms with E-state index in [4.69, 9.17) is 10.00 Å². The number of carbonyl (C=O) groups is 1. The van der Waals surface area contributed by atoms with Crippen LogP contribution in [0.1, 0.15) is 24.5 Å². The number of allylic oxidation sites excluding steroid dienone is 1. The molecule has 4 heteroatoms. The lowest BCUT2D eigenvalue weighted by atomic mass is 10.0. The Morgan fingerprint density at radius 3 is 2.94 bits per heavy atom. The van der Waals surface area contributed by atoms with Crippen LogP contribution in [0.5, 0.6) is 0 Å². The first-order chi connectivity index (χ1) is 8.67. The lowest BCUT2D eigenvalue weighted by Gasteiger charge is -2.05. The summed E-state index contributed by atoms with van der Waals surface area (Å²) in [6.07, 6.45) is 1.22. The van der Waals surface area contributed by atoms with Crippen molar-refractivity contribution in [2.24, 2.45) is 0 Å². The second-order valence-electron chi connectivity index (χ2n) is 3.99. The highest BCUT2D eigenvalue weighted by atomic mass is 19.1. The number of esters is 1. The summed E-state index contributed by atoms with van der Waals surface area (Å²) in [4.78, 5) is 11.7. The van der Waals surface area contributed by atoms with Gasteiger partial charge >= 0.3 is 5.97 Å². The van der Waals surface area contributed by atoms with E-state index < -0.39 is 5.97 Å². The molecule has 0 saturated heterocycles. The van der Waals surface area contributed by atoms with E-state index in [0.29, 0.717) is 18.4 Å². The summed E-state index contributed by atoms with van der Waals surface area (Å²) in [5.41, 5.74) is 2.30. The maximum Gasteiger partial charge on any atom is 0.349 e. The predicted molar refractivity (Wildman–Crippen MR) is 63.9 cm³/mol. The maximum atomic E-state index is 13.1. The van der Waals surface area contributed by atoms with Gasteiger partial charge in [0.1, 0.15) is 17.5 Å². The topological polar surface area (TPSA) is 50.1 Å². The summed E-state index contributed by atoms with van der Waals surface area (Å²) in [6.45, 7) is 1.92. The van der Waals surface area contributed by atoms with Gasteiger partial charge in [-0.25, -0.2) is 9.18 Å². The van der Waals surface area contributed by atoms with Gasteiger partial charge in [0.25, 0.3) is 0 Å². The van der Waals surface area contributed by atoms with Gasteiger partial charge in [0.2, 0.25) is 0 Å². The molecule has 2 rings (SSSR count). The van der Waals surface area contributed by atoms with Crippen molar-refractivity contribution in [1.82, 2.24) is 0 Å². The lowest BCUT2D eigenvalue weighted by Crippen LogP contribution is -2.08. The fraction of sp³-hybridized carbons (Fsp3) is 0.286. The summed E-state index contributed by atoms with van der Waals surface area (Å²) in [5, 5.41) is 9.08. The van der Waals surface area contributed by atoms with Crippen LogP contribution in [-0.4, -0.2) is 12.6 Å². The van der Waals surface area contributed by atoms with Gasteiger partial charge in [-0.1, -0.05) is 6.07 Å². The average molecular weight is 245 g/mol. The lowest BCUT2D eigenvalue weighted by molar-refractivity contribution is -0.137. The van der Waals surface area contributed by atoms with Crippen molar-refractivity contribution in [3.63, 3.8) is 0 Å². The van der Waals surface area contributed by atoms with Crippen LogP contribution in [0.2, 0.25) is 0 Å². The van der Waals surface area contributed by atoms with Crippen LogP contribution in [0, 0.1) is 17.1 Å². The van der Waals surface area contributed by atoms with Gasteiger partial charge in [-0.3, -0.25) is 0 Å². The Balaban J connectivity index is 2.48. The van der Waals surface area contributed by atoms with Crippen LogP contribution in [-0.2, 0) is 16.0 Å². The van der Waals surface area contributed by atoms with Crippen molar-refractivity contribution in [1.29, 1.82) is 5.26 Å². The third kappa shape index (κ3) is 2.12. The van der Waals surface area contributed by atoms with E-state index >= 15 is 0 Å². The number of nitriles is 1. The molecule has 0 aliphatic heterocycles. The average Bonchev–Trinajstić information content (AvgIpc) is 2.73. The summed E-state index contributed by atoms with van der Waals surface area (Å²) >= 11 is 0. The molecule has 18 heavy (non-hydrogen) atoms. The Bertz CT molecular complexity index is 570. The van der Waals surface area contributed by atoms with Gasteiger partial charge in [0, 0.05) is 0 Å². The van der Waals surface area contributed by atoms with Crippen LogP contribution in [0.4, 0.5) is 4.39 Å². The standard InChI is InChI=1S/C14H12FNO2/c1-2-18-14(17)13(8-16)12-5-3-9-7-10(15)4-6-11(9)12/h4,6-7H,2-3,5H2,1H3. The Kier molecular flexibility index (Phi) is 3.42. The molecule has 1 aromatic carbocycles. The van der Waals surface area contributed by atoms with Crippen molar-refractivity contribution in [2.45, 2.75) is 19.8 Å². The van der Waals surface area contributed by atoms with Crippen molar-refractivity contribution in [3.05, 3.63) is 40.7 Å². The number of hydrogen-bond donors (Lipinski definition) is 0. The van der Waals surface area contributed by atoms with E-state index in [9.17, 15) is 9.18 Å². The van der Waals surface area contributed by atoms with E-state index in [1.165, 1.54) is 12.1 Å². The molecule has 0 unspecified atom stereocenters. The molecule has 0 aromatic heterocycles. The Hall–Kier alpha value is -2.15. The molecule has 0 bridgehead atoms. The highest BCUT2D eigenvalue weighted by molar-refractivity contribution is 6.02. The fourth-order valence-corrected chi connectivity index (χ4v) is 2.16. The molecule has 92 valence electrons. The number of hydrogen-bond acceptors (Lipinski definition) is 3. The molecule has 3 nitrogen and oxygen atoms in total. The van der Waals surface area contributed by atoms with E-state index in [-0.39, 0.29) is 18.0 Å². The zero-order valence-corrected chi connectivity index (χ0v) is 10.00. The third-order valence-electron chi connectivity index (χ3n) is 2.93. The molecule has 0 saturated carbocycles. The molecule has 0 radical (unpaired) electrons. The summed E-state index contributed by atoms with van der Waals surface area (Å²) < 4.78 is 17.9. The van der Waals surface area contributed by atoms with Crippen LogP contribution in [0.15, 0.2) is 23.8 Å². The molecule has 0 amide bonds. The molecule has 1 aliphatic carbocycles. The van der Waals surface area contributed by atoms with E-state index in [0.717, 1.165) is 11.1 Å². The van der Waals surface area contributed by atoms with E-state index in [1.54, 1.807) is 13.0 Å². The van der Waals surface area contributed by atoms with Gasteiger partial charge < -0.3 is 4.74 Å². The number of halogens is 1. The second kappa shape index (κ2) is 5.01. The Labute approximate surface area is 104 Å². The second-order valence-corrected chi connectivity index (χ2v) is 3.99. The largest absolute Gasteiger partial charge is 0.462 e. The maximum absolute atomic E-state index is 13.1. The monoisotopic (exact) mass is 245 g/mol. The van der Waals surface area contributed by atoms with Gasteiger partial charge in [0.05, 0.1) is 6.61 Å².